The first-order chi connectivity index (χ1) is 7.92. The largest absolute Gasteiger partial charge is 0.480 e. The highest BCUT2D eigenvalue weighted by atomic mass is 16.4. The van der Waals surface area contributed by atoms with Crippen LogP contribution in [-0.4, -0.2) is 40.4 Å². The second-order valence-corrected chi connectivity index (χ2v) is 4.07. The number of nitrogens with one attached hydrogen (secondary N) is 2. The van der Waals surface area contributed by atoms with Crippen molar-refractivity contribution in [3.63, 3.8) is 0 Å². The van der Waals surface area contributed by atoms with E-state index in [1.165, 1.54) is 6.92 Å². The van der Waals surface area contributed by atoms with Gasteiger partial charge in [0.25, 0.3) is 0 Å². The number of hydrogen-bond acceptors (Lipinski definition) is 3. The van der Waals surface area contributed by atoms with Crippen LogP contribution in [0.25, 0.3) is 0 Å². The fraction of sp³-hybridized carbons (Fsp3) is 0.818. The number of carbonyl (C=O) groups is 2. The first kappa shape index (κ1) is 15.7. The molecule has 0 aromatic heterocycles. The van der Waals surface area contributed by atoms with Crippen LogP contribution in [0.15, 0.2) is 0 Å². The number of carbonyl (C=O) groups excluding carboxylic acids is 1. The van der Waals surface area contributed by atoms with Crippen molar-refractivity contribution in [2.24, 2.45) is 0 Å². The number of carboxylic acids is 1. The van der Waals surface area contributed by atoms with Crippen molar-refractivity contribution in [3.8, 4) is 0 Å². The molecule has 0 radical (unpaired) electrons. The van der Waals surface area contributed by atoms with Crippen molar-refractivity contribution < 1.29 is 19.8 Å². The van der Waals surface area contributed by atoms with Crippen molar-refractivity contribution >= 4 is 12.0 Å². The molecule has 0 saturated heterocycles. The summed E-state index contributed by atoms with van der Waals surface area (Å²) in [6, 6.07) is -1.81. The van der Waals surface area contributed by atoms with Crippen molar-refractivity contribution in [1.29, 1.82) is 0 Å². The average Bonchev–Trinajstić information content (AvgIpc) is 2.24. The van der Waals surface area contributed by atoms with E-state index in [9.17, 15) is 14.7 Å². The number of carboxylic acid groups (broad SMARTS) is 1. The summed E-state index contributed by atoms with van der Waals surface area (Å²) in [6.45, 7) is 5.28. The summed E-state index contributed by atoms with van der Waals surface area (Å²) in [7, 11) is 0. The first-order valence-corrected chi connectivity index (χ1v) is 5.90. The normalized spacial score (nSPS) is 15.8. The van der Waals surface area contributed by atoms with Crippen molar-refractivity contribution in [3.05, 3.63) is 0 Å². The summed E-state index contributed by atoms with van der Waals surface area (Å²) in [6.07, 6.45) is 1.44. The van der Waals surface area contributed by atoms with Gasteiger partial charge in [-0.15, -0.1) is 0 Å². The Bertz CT molecular complexity index is 256. The molecule has 4 N–H and O–H groups in total. The molecule has 0 spiro atoms. The molecule has 3 atom stereocenters. The quantitative estimate of drug-likeness (QED) is 0.531. The van der Waals surface area contributed by atoms with Crippen LogP contribution >= 0.6 is 0 Å². The highest BCUT2D eigenvalue weighted by Crippen LogP contribution is 2.01. The van der Waals surface area contributed by atoms with E-state index in [4.69, 9.17) is 5.11 Å². The summed E-state index contributed by atoms with van der Waals surface area (Å²) < 4.78 is 0. The third-order valence-electron chi connectivity index (χ3n) is 2.50. The van der Waals surface area contributed by atoms with Gasteiger partial charge in [0.05, 0.1) is 6.10 Å². The van der Waals surface area contributed by atoms with Crippen LogP contribution in [0.2, 0.25) is 0 Å². The Morgan fingerprint density at radius 3 is 2.18 bits per heavy atom. The molecule has 0 bridgehead atoms. The molecule has 2 amide bonds. The predicted octanol–water partition coefficient (Wildman–Crippen LogP) is 0.698. The van der Waals surface area contributed by atoms with E-state index in [1.54, 1.807) is 0 Å². The second-order valence-electron chi connectivity index (χ2n) is 4.07. The fourth-order valence-electron chi connectivity index (χ4n) is 1.48. The molecule has 17 heavy (non-hydrogen) atoms. The zero-order valence-corrected chi connectivity index (χ0v) is 10.6. The summed E-state index contributed by atoms with van der Waals surface area (Å²) >= 11 is 0. The van der Waals surface area contributed by atoms with E-state index in [1.807, 2.05) is 13.8 Å². The van der Waals surface area contributed by atoms with Gasteiger partial charge in [0.1, 0.15) is 0 Å². The lowest BCUT2D eigenvalue weighted by Gasteiger charge is -2.21. The van der Waals surface area contributed by atoms with Crippen LogP contribution in [0.1, 0.15) is 40.0 Å². The van der Waals surface area contributed by atoms with Crippen LogP contribution in [0.3, 0.4) is 0 Å². The zero-order chi connectivity index (χ0) is 13.4. The topological polar surface area (TPSA) is 98.7 Å². The van der Waals surface area contributed by atoms with Gasteiger partial charge in [0.2, 0.25) is 0 Å². The van der Waals surface area contributed by atoms with E-state index >= 15 is 0 Å². The molecule has 0 aromatic carbocycles. The lowest BCUT2D eigenvalue weighted by Crippen LogP contribution is -2.52. The van der Waals surface area contributed by atoms with E-state index < -0.39 is 24.1 Å². The third kappa shape index (κ3) is 6.11. The highest BCUT2D eigenvalue weighted by molar-refractivity contribution is 5.83. The Labute approximate surface area is 101 Å². The summed E-state index contributed by atoms with van der Waals surface area (Å²) in [5, 5.41) is 22.9. The number of amides is 2. The number of urea groups is 1. The molecule has 1 unspecified atom stereocenters. The minimum atomic E-state index is -1.28. The monoisotopic (exact) mass is 246 g/mol. The van der Waals surface area contributed by atoms with Gasteiger partial charge in [-0.2, -0.15) is 0 Å². The number of rotatable bonds is 7. The zero-order valence-electron chi connectivity index (χ0n) is 10.6. The van der Waals surface area contributed by atoms with E-state index in [-0.39, 0.29) is 6.04 Å². The van der Waals surface area contributed by atoms with Gasteiger partial charge >= 0.3 is 12.0 Å². The summed E-state index contributed by atoms with van der Waals surface area (Å²) in [4.78, 5) is 22.3. The maximum absolute atomic E-state index is 11.5. The molecule has 100 valence electrons. The Balaban J connectivity index is 4.27. The summed E-state index contributed by atoms with van der Waals surface area (Å²) in [5.74, 6) is -1.25. The van der Waals surface area contributed by atoms with Gasteiger partial charge in [-0.05, 0) is 19.8 Å². The maximum Gasteiger partial charge on any atom is 0.328 e. The fourth-order valence-corrected chi connectivity index (χ4v) is 1.48. The van der Waals surface area contributed by atoms with E-state index in [0.717, 1.165) is 19.3 Å². The Kier molecular flexibility index (Phi) is 7.29. The Morgan fingerprint density at radius 1 is 1.24 bits per heavy atom. The molecule has 0 aliphatic carbocycles. The molecule has 0 rings (SSSR count). The van der Waals surface area contributed by atoms with E-state index in [0.29, 0.717) is 0 Å². The number of aliphatic hydroxyl groups is 1. The van der Waals surface area contributed by atoms with Crippen LogP contribution in [-0.2, 0) is 4.79 Å². The molecule has 6 heteroatoms. The molecule has 0 aromatic rings. The van der Waals surface area contributed by atoms with Crippen molar-refractivity contribution in [1.82, 2.24) is 10.6 Å². The van der Waals surface area contributed by atoms with Gasteiger partial charge in [-0.1, -0.05) is 20.3 Å². The third-order valence-corrected chi connectivity index (χ3v) is 2.50. The van der Waals surface area contributed by atoms with Crippen LogP contribution in [0.5, 0.6) is 0 Å². The van der Waals surface area contributed by atoms with Gasteiger partial charge in [-0.3, -0.25) is 0 Å². The maximum atomic E-state index is 11.5. The van der Waals surface area contributed by atoms with Crippen LogP contribution < -0.4 is 10.6 Å². The lowest BCUT2D eigenvalue weighted by atomic mass is 10.1. The SMILES string of the molecule is CCCC(CC)NC(=O)N[C@H](C(=O)O)[C@@H](C)O. The molecule has 6 nitrogen and oxygen atoms in total. The molecule has 0 aliphatic rings. The van der Waals surface area contributed by atoms with Gasteiger partial charge in [0, 0.05) is 6.04 Å². The Morgan fingerprint density at radius 2 is 1.82 bits per heavy atom. The molecule has 0 aliphatic heterocycles. The van der Waals surface area contributed by atoms with Crippen molar-refractivity contribution in [2.45, 2.75) is 58.2 Å². The smallest absolute Gasteiger partial charge is 0.328 e. The summed E-state index contributed by atoms with van der Waals surface area (Å²) in [5.41, 5.74) is 0. The van der Waals surface area contributed by atoms with Crippen LogP contribution in [0.4, 0.5) is 4.79 Å². The lowest BCUT2D eigenvalue weighted by molar-refractivity contribution is -0.141. The molecule has 0 heterocycles. The molecule has 0 saturated carbocycles. The van der Waals surface area contributed by atoms with Gasteiger partial charge in [0.15, 0.2) is 6.04 Å². The second kappa shape index (κ2) is 7.89. The minimum absolute atomic E-state index is 0.0310. The van der Waals surface area contributed by atoms with Crippen LogP contribution in [0, 0.1) is 0 Å². The molecular weight excluding hydrogens is 224 g/mol. The van der Waals surface area contributed by atoms with Gasteiger partial charge in [-0.25, -0.2) is 9.59 Å². The average molecular weight is 246 g/mol. The Hall–Kier alpha value is -1.30. The molecular formula is C11H22N2O4. The van der Waals surface area contributed by atoms with Crippen molar-refractivity contribution in [2.75, 3.05) is 0 Å². The predicted molar refractivity (Wildman–Crippen MR) is 63.8 cm³/mol. The standard InChI is InChI=1S/C11H22N2O4/c1-4-6-8(5-2)12-11(17)13-9(7(3)14)10(15)16/h7-9,14H,4-6H2,1-3H3,(H,15,16)(H2,12,13,17)/t7-,8?,9+/m1/s1. The minimum Gasteiger partial charge on any atom is -0.480 e. The highest BCUT2D eigenvalue weighted by Gasteiger charge is 2.25. The number of aliphatic carboxylic acids is 1. The van der Waals surface area contributed by atoms with Gasteiger partial charge < -0.3 is 20.8 Å². The number of aliphatic hydroxyl groups excluding tert-OH is 1. The molecule has 0 fully saturated rings. The first-order valence-electron chi connectivity index (χ1n) is 5.90. The van der Waals surface area contributed by atoms with E-state index in [2.05, 4.69) is 10.6 Å². The number of hydrogen-bond donors (Lipinski definition) is 4.